The Morgan fingerprint density at radius 2 is 1.79 bits per heavy atom. The van der Waals surface area contributed by atoms with E-state index in [0.29, 0.717) is 22.4 Å². The molecule has 2 aromatic rings. The van der Waals surface area contributed by atoms with E-state index in [1.54, 1.807) is 32.9 Å². The molecule has 130 valence electrons. The van der Waals surface area contributed by atoms with Crippen molar-refractivity contribution >= 4 is 15.9 Å². The Hall–Kier alpha value is -2.22. The van der Waals surface area contributed by atoms with Gasteiger partial charge in [0.1, 0.15) is 0 Å². The standard InChI is InChI=1S/C16H20FN3O3S/c1-6-19(5)16(21)20-9-13(17)15(18-20)24(22,23)14-11(3)7-10(2)8-12(14)4/h7-9H,6H2,1-5H3. The quantitative estimate of drug-likeness (QED) is 0.850. The Morgan fingerprint density at radius 1 is 1.25 bits per heavy atom. The van der Waals surface area contributed by atoms with Gasteiger partial charge in [-0.1, -0.05) is 17.7 Å². The van der Waals surface area contributed by atoms with Crippen LogP contribution in [-0.4, -0.2) is 42.7 Å². The highest BCUT2D eigenvalue weighted by Gasteiger charge is 2.30. The fourth-order valence-corrected chi connectivity index (χ4v) is 4.28. The summed E-state index contributed by atoms with van der Waals surface area (Å²) >= 11 is 0. The molecule has 1 aromatic carbocycles. The second-order valence-corrected chi connectivity index (χ2v) is 7.56. The molecule has 0 saturated heterocycles. The molecule has 2 rings (SSSR count). The van der Waals surface area contributed by atoms with Gasteiger partial charge in [0.05, 0.1) is 11.1 Å². The Morgan fingerprint density at radius 3 is 2.29 bits per heavy atom. The first-order chi connectivity index (χ1) is 11.1. The minimum atomic E-state index is -4.17. The van der Waals surface area contributed by atoms with E-state index in [1.807, 2.05) is 6.92 Å². The van der Waals surface area contributed by atoms with Crippen molar-refractivity contribution in [2.45, 2.75) is 37.6 Å². The Balaban J connectivity index is 2.60. The summed E-state index contributed by atoms with van der Waals surface area (Å²) in [6.45, 7) is 7.29. The summed E-state index contributed by atoms with van der Waals surface area (Å²) < 4.78 is 40.6. The monoisotopic (exact) mass is 353 g/mol. The fraction of sp³-hybridized carbons (Fsp3) is 0.375. The number of rotatable bonds is 3. The molecule has 0 fully saturated rings. The molecule has 0 bridgehead atoms. The van der Waals surface area contributed by atoms with Crippen molar-refractivity contribution in [1.29, 1.82) is 0 Å². The van der Waals surface area contributed by atoms with E-state index < -0.39 is 26.7 Å². The van der Waals surface area contributed by atoms with E-state index in [0.717, 1.165) is 11.8 Å². The summed E-state index contributed by atoms with van der Waals surface area (Å²) in [6, 6.07) is 2.82. The average Bonchev–Trinajstić information content (AvgIpc) is 2.86. The second kappa shape index (κ2) is 6.35. The van der Waals surface area contributed by atoms with Gasteiger partial charge in [-0.3, -0.25) is 0 Å². The van der Waals surface area contributed by atoms with Gasteiger partial charge in [-0.05, 0) is 38.8 Å². The molecular formula is C16H20FN3O3S. The topological polar surface area (TPSA) is 72.3 Å². The molecule has 6 nitrogen and oxygen atoms in total. The molecular weight excluding hydrogens is 333 g/mol. The molecule has 0 unspecified atom stereocenters. The van der Waals surface area contributed by atoms with Gasteiger partial charge in [0.2, 0.25) is 14.9 Å². The summed E-state index contributed by atoms with van der Waals surface area (Å²) in [6.07, 6.45) is 0.792. The Kier molecular flexibility index (Phi) is 4.80. The molecule has 0 aliphatic heterocycles. The predicted octanol–water partition coefficient (Wildman–Crippen LogP) is 2.70. The lowest BCUT2D eigenvalue weighted by atomic mass is 10.1. The molecule has 1 amide bonds. The lowest BCUT2D eigenvalue weighted by Crippen LogP contribution is -2.31. The zero-order chi connectivity index (χ0) is 18.2. The van der Waals surface area contributed by atoms with Gasteiger partial charge in [-0.25, -0.2) is 17.6 Å². The first kappa shape index (κ1) is 18.1. The molecule has 8 heteroatoms. The summed E-state index contributed by atoms with van der Waals surface area (Å²) in [5.74, 6) is -1.05. The number of amides is 1. The summed E-state index contributed by atoms with van der Waals surface area (Å²) in [5.41, 5.74) is 1.94. The predicted molar refractivity (Wildman–Crippen MR) is 87.4 cm³/mol. The number of sulfone groups is 1. The van der Waals surface area contributed by atoms with Crippen molar-refractivity contribution in [3.63, 3.8) is 0 Å². The lowest BCUT2D eigenvalue weighted by Gasteiger charge is -2.13. The normalized spacial score (nSPS) is 11.6. The number of nitrogens with zero attached hydrogens (tertiary/aromatic N) is 3. The van der Waals surface area contributed by atoms with E-state index in [1.165, 1.54) is 11.9 Å². The molecule has 1 aromatic heterocycles. The summed E-state index contributed by atoms with van der Waals surface area (Å²) in [5, 5.41) is 2.95. The van der Waals surface area contributed by atoms with E-state index in [9.17, 15) is 17.6 Å². The lowest BCUT2D eigenvalue weighted by molar-refractivity contribution is 0.209. The third-order valence-electron chi connectivity index (χ3n) is 3.76. The first-order valence-corrected chi connectivity index (χ1v) is 8.91. The number of halogens is 1. The van der Waals surface area contributed by atoms with Crippen molar-refractivity contribution in [3.05, 3.63) is 40.8 Å². The van der Waals surface area contributed by atoms with Crippen molar-refractivity contribution in [1.82, 2.24) is 14.7 Å². The Labute approximate surface area is 140 Å². The van der Waals surface area contributed by atoms with Crippen LogP contribution < -0.4 is 0 Å². The van der Waals surface area contributed by atoms with Crippen LogP contribution in [0.25, 0.3) is 0 Å². The zero-order valence-electron chi connectivity index (χ0n) is 14.3. The molecule has 0 aliphatic rings. The summed E-state index contributed by atoms with van der Waals surface area (Å²) in [4.78, 5) is 13.4. The van der Waals surface area contributed by atoms with Gasteiger partial charge in [0.25, 0.3) is 0 Å². The number of carbonyl (C=O) groups is 1. The van der Waals surface area contributed by atoms with Crippen LogP contribution in [0.15, 0.2) is 28.3 Å². The number of benzene rings is 1. The minimum absolute atomic E-state index is 0.0218. The number of aryl methyl sites for hydroxylation is 3. The molecule has 0 saturated carbocycles. The highest BCUT2D eigenvalue weighted by atomic mass is 32.2. The molecule has 24 heavy (non-hydrogen) atoms. The Bertz CT molecular complexity index is 880. The maximum atomic E-state index is 14.2. The first-order valence-electron chi connectivity index (χ1n) is 7.43. The van der Waals surface area contributed by atoms with Gasteiger partial charge < -0.3 is 4.90 Å². The van der Waals surface area contributed by atoms with Gasteiger partial charge in [0, 0.05) is 13.6 Å². The van der Waals surface area contributed by atoms with Crippen molar-refractivity contribution in [2.24, 2.45) is 0 Å². The number of aromatic nitrogens is 2. The van der Waals surface area contributed by atoms with Crippen LogP contribution in [0.5, 0.6) is 0 Å². The third-order valence-corrected chi connectivity index (χ3v) is 5.73. The van der Waals surface area contributed by atoms with Crippen LogP contribution in [-0.2, 0) is 9.84 Å². The van der Waals surface area contributed by atoms with E-state index in [-0.39, 0.29) is 4.90 Å². The van der Waals surface area contributed by atoms with E-state index in [2.05, 4.69) is 5.10 Å². The highest BCUT2D eigenvalue weighted by molar-refractivity contribution is 7.91. The van der Waals surface area contributed by atoms with E-state index >= 15 is 0 Å². The molecule has 0 radical (unpaired) electrons. The van der Waals surface area contributed by atoms with Gasteiger partial charge >= 0.3 is 6.03 Å². The van der Waals surface area contributed by atoms with E-state index in [4.69, 9.17) is 0 Å². The largest absolute Gasteiger partial charge is 0.344 e. The van der Waals surface area contributed by atoms with Crippen LogP contribution in [0.4, 0.5) is 9.18 Å². The zero-order valence-corrected chi connectivity index (χ0v) is 15.1. The van der Waals surface area contributed by atoms with Gasteiger partial charge in [-0.2, -0.15) is 4.68 Å². The van der Waals surface area contributed by atoms with Gasteiger partial charge in [0.15, 0.2) is 5.82 Å². The molecule has 0 atom stereocenters. The molecule has 1 heterocycles. The SMILES string of the molecule is CCN(C)C(=O)n1cc(F)c(S(=O)(=O)c2c(C)cc(C)cc2C)n1. The van der Waals surface area contributed by atoms with Crippen LogP contribution in [0, 0.1) is 26.6 Å². The number of hydrogen-bond donors (Lipinski definition) is 0. The average molecular weight is 353 g/mol. The fourth-order valence-electron chi connectivity index (χ4n) is 2.61. The molecule has 0 N–H and O–H groups in total. The van der Waals surface area contributed by atoms with Crippen LogP contribution in [0.3, 0.4) is 0 Å². The van der Waals surface area contributed by atoms with Crippen LogP contribution in [0.1, 0.15) is 23.6 Å². The maximum Gasteiger partial charge on any atom is 0.344 e. The molecule has 0 spiro atoms. The van der Waals surface area contributed by atoms with Crippen LogP contribution in [0.2, 0.25) is 0 Å². The summed E-state index contributed by atoms with van der Waals surface area (Å²) in [7, 11) is -2.65. The second-order valence-electron chi connectivity index (χ2n) is 5.75. The van der Waals surface area contributed by atoms with Gasteiger partial charge in [-0.15, -0.1) is 5.10 Å². The number of hydrogen-bond acceptors (Lipinski definition) is 4. The smallest absolute Gasteiger partial charge is 0.326 e. The van der Waals surface area contributed by atoms with Crippen molar-refractivity contribution in [2.75, 3.05) is 13.6 Å². The minimum Gasteiger partial charge on any atom is -0.326 e. The molecule has 0 aliphatic carbocycles. The highest BCUT2D eigenvalue weighted by Crippen LogP contribution is 2.28. The van der Waals surface area contributed by atoms with Crippen molar-refractivity contribution in [3.8, 4) is 0 Å². The number of carbonyl (C=O) groups excluding carboxylic acids is 1. The third kappa shape index (κ3) is 3.06. The van der Waals surface area contributed by atoms with Crippen LogP contribution >= 0.6 is 0 Å². The maximum absolute atomic E-state index is 14.2. The van der Waals surface area contributed by atoms with Crippen molar-refractivity contribution < 1.29 is 17.6 Å².